The molecule has 4 nitrogen and oxygen atoms in total. The molecule has 0 spiro atoms. The van der Waals surface area contributed by atoms with E-state index >= 15 is 0 Å². The highest BCUT2D eigenvalue weighted by molar-refractivity contribution is 6.35. The minimum absolute atomic E-state index is 0.160. The molecule has 62 heavy (non-hydrogen) atoms. The number of halogens is 1. The maximum absolute atomic E-state index is 7.11. The number of para-hydroxylation sites is 2. The molecule has 2 aromatic heterocycles. The van der Waals surface area contributed by atoms with Crippen LogP contribution in [0.25, 0.3) is 87.7 Å². The van der Waals surface area contributed by atoms with Crippen molar-refractivity contribution in [3.63, 3.8) is 0 Å². The first kappa shape index (κ1) is 35.2. The molecule has 0 aliphatic heterocycles. The lowest BCUT2D eigenvalue weighted by atomic mass is 9.82. The zero-order valence-corrected chi connectivity index (χ0v) is 34.6. The number of ether oxygens (including phenoxy) is 1. The van der Waals surface area contributed by atoms with E-state index in [1.165, 1.54) is 27.6 Å². The summed E-state index contributed by atoms with van der Waals surface area (Å²) in [5.41, 5.74) is 13.5. The van der Waals surface area contributed by atoms with Crippen molar-refractivity contribution in [1.82, 2.24) is 0 Å². The second-order valence-corrected chi connectivity index (χ2v) is 17.3. The first-order valence-electron chi connectivity index (χ1n) is 21.0. The van der Waals surface area contributed by atoms with Crippen LogP contribution in [0.4, 0.5) is 17.1 Å². The van der Waals surface area contributed by atoms with Crippen LogP contribution in [-0.2, 0) is 5.41 Å². The Balaban J connectivity index is 0.961. The molecule has 1 aliphatic rings. The molecule has 0 radical (unpaired) electrons. The van der Waals surface area contributed by atoms with E-state index in [0.29, 0.717) is 10.8 Å². The minimum atomic E-state index is -0.160. The van der Waals surface area contributed by atoms with Gasteiger partial charge in [-0.25, -0.2) is 0 Å². The molecule has 0 unspecified atom stereocenters. The third-order valence-corrected chi connectivity index (χ3v) is 13.5. The molecule has 0 saturated heterocycles. The number of hydrogen-bond acceptors (Lipinski definition) is 4. The SMILES string of the molecule is CC1(C)c2ccccc2-c2ccc(N(c3ccc(-c4cccc(Cl)c4Oc4ccc5oc6cccc7c8ccccc8c4c5c67)cc3)c3cccc4oc5ccccc5c34)cc21. The van der Waals surface area contributed by atoms with E-state index < -0.39 is 0 Å². The predicted molar refractivity (Wildman–Crippen MR) is 256 cm³/mol. The summed E-state index contributed by atoms with van der Waals surface area (Å²) in [6, 6.07) is 63.8. The molecule has 0 atom stereocenters. The number of furan rings is 2. The molecule has 294 valence electrons. The molecule has 0 saturated carbocycles. The minimum Gasteiger partial charge on any atom is -0.456 e. The van der Waals surface area contributed by atoms with Gasteiger partial charge in [0.15, 0.2) is 5.75 Å². The Hall–Kier alpha value is -7.53. The molecule has 10 aromatic carbocycles. The van der Waals surface area contributed by atoms with Gasteiger partial charge in [-0.1, -0.05) is 141 Å². The number of nitrogens with zero attached hydrogens (tertiary/aromatic N) is 1. The van der Waals surface area contributed by atoms with Crippen LogP contribution in [0.15, 0.2) is 191 Å². The Kier molecular flexibility index (Phi) is 7.38. The summed E-state index contributed by atoms with van der Waals surface area (Å²) in [7, 11) is 0. The van der Waals surface area contributed by atoms with Crippen molar-refractivity contribution in [2.24, 2.45) is 0 Å². The monoisotopic (exact) mass is 817 g/mol. The van der Waals surface area contributed by atoms with Crippen molar-refractivity contribution < 1.29 is 13.6 Å². The molecule has 0 N–H and O–H groups in total. The number of fused-ring (bicyclic) bond motifs is 9. The molecule has 0 amide bonds. The largest absolute Gasteiger partial charge is 0.456 e. The van der Waals surface area contributed by atoms with Crippen molar-refractivity contribution in [1.29, 1.82) is 0 Å². The van der Waals surface area contributed by atoms with Gasteiger partial charge < -0.3 is 18.5 Å². The highest BCUT2D eigenvalue weighted by atomic mass is 35.5. The van der Waals surface area contributed by atoms with Crippen LogP contribution in [0, 0.1) is 0 Å². The van der Waals surface area contributed by atoms with Gasteiger partial charge in [0.2, 0.25) is 0 Å². The van der Waals surface area contributed by atoms with Crippen LogP contribution < -0.4 is 9.64 Å². The zero-order valence-electron chi connectivity index (χ0n) is 33.9. The maximum Gasteiger partial charge on any atom is 0.153 e. The third kappa shape index (κ3) is 4.96. The van der Waals surface area contributed by atoms with Crippen LogP contribution in [-0.4, -0.2) is 0 Å². The van der Waals surface area contributed by atoms with Crippen molar-refractivity contribution in [2.45, 2.75) is 19.3 Å². The van der Waals surface area contributed by atoms with Gasteiger partial charge >= 0.3 is 0 Å². The average Bonchev–Trinajstić information content (AvgIpc) is 3.96. The van der Waals surface area contributed by atoms with Gasteiger partial charge in [-0.2, -0.15) is 0 Å². The van der Waals surface area contributed by atoms with Crippen LogP contribution in [0.3, 0.4) is 0 Å². The van der Waals surface area contributed by atoms with Crippen LogP contribution >= 0.6 is 11.6 Å². The van der Waals surface area contributed by atoms with Crippen molar-refractivity contribution in [3.8, 4) is 33.8 Å². The van der Waals surface area contributed by atoms with Crippen molar-refractivity contribution in [3.05, 3.63) is 198 Å². The van der Waals surface area contributed by atoms with Crippen molar-refractivity contribution in [2.75, 3.05) is 4.90 Å². The Bertz CT molecular complexity index is 3780. The second-order valence-electron chi connectivity index (χ2n) is 16.9. The molecular formula is C57H36ClNO3. The summed E-state index contributed by atoms with van der Waals surface area (Å²) in [5.74, 6) is 1.32. The molecule has 2 heterocycles. The topological polar surface area (TPSA) is 38.8 Å². The molecular weight excluding hydrogens is 782 g/mol. The Morgan fingerprint density at radius 3 is 1.94 bits per heavy atom. The van der Waals surface area contributed by atoms with E-state index in [0.717, 1.165) is 94.0 Å². The van der Waals surface area contributed by atoms with Gasteiger partial charge in [0.05, 0.1) is 16.1 Å². The lowest BCUT2D eigenvalue weighted by Gasteiger charge is -2.29. The van der Waals surface area contributed by atoms with Gasteiger partial charge in [-0.05, 0) is 111 Å². The van der Waals surface area contributed by atoms with Crippen LogP contribution in [0.5, 0.6) is 11.5 Å². The number of benzene rings is 10. The van der Waals surface area contributed by atoms with Crippen LogP contribution in [0.1, 0.15) is 25.0 Å². The fourth-order valence-corrected chi connectivity index (χ4v) is 10.6. The fraction of sp³-hybridized carbons (Fsp3) is 0.0526. The zero-order chi connectivity index (χ0) is 41.3. The van der Waals surface area contributed by atoms with Gasteiger partial charge in [0, 0.05) is 43.9 Å². The summed E-state index contributed by atoms with van der Waals surface area (Å²) in [6.45, 7) is 4.66. The standard InChI is InChI=1S/C57H36ClNO3/c1-57(2)43-18-7-5-13-38(43)39-29-28-35(32-44(39)57)59(46-20-11-23-48-52(46)42-15-6-8-21-47(42)60-48)34-26-24-33(25-27-34)36-16-9-19-45(58)56(36)62-50-30-31-51-55-53-41(17-10-22-49(53)61-51)37-12-3-4-14-40(37)54(50)55/h3-32H,1-2H3. The van der Waals surface area contributed by atoms with Gasteiger partial charge in [0.1, 0.15) is 28.1 Å². The molecule has 13 rings (SSSR count). The summed E-state index contributed by atoms with van der Waals surface area (Å²) in [5, 5.41) is 9.28. The lowest BCUT2D eigenvalue weighted by Crippen LogP contribution is -2.16. The number of anilines is 3. The van der Waals surface area contributed by atoms with E-state index in [4.69, 9.17) is 25.2 Å². The highest BCUT2D eigenvalue weighted by Crippen LogP contribution is 2.53. The fourth-order valence-electron chi connectivity index (χ4n) is 10.3. The number of rotatable bonds is 6. The van der Waals surface area contributed by atoms with E-state index in [1.54, 1.807) is 0 Å². The normalized spacial score (nSPS) is 13.2. The maximum atomic E-state index is 7.11. The Morgan fingerprint density at radius 2 is 1.06 bits per heavy atom. The van der Waals surface area contributed by atoms with Gasteiger partial charge in [-0.3, -0.25) is 0 Å². The third-order valence-electron chi connectivity index (χ3n) is 13.2. The molecule has 0 fully saturated rings. The summed E-state index contributed by atoms with van der Waals surface area (Å²) < 4.78 is 19.9. The first-order chi connectivity index (χ1) is 30.4. The number of hydrogen-bond donors (Lipinski definition) is 0. The Morgan fingerprint density at radius 1 is 0.452 bits per heavy atom. The summed E-state index contributed by atoms with van der Waals surface area (Å²) in [6.07, 6.45) is 0. The molecule has 0 bridgehead atoms. The average molecular weight is 818 g/mol. The highest BCUT2D eigenvalue weighted by Gasteiger charge is 2.36. The van der Waals surface area contributed by atoms with Crippen molar-refractivity contribution >= 4 is 94.1 Å². The van der Waals surface area contributed by atoms with Crippen LogP contribution in [0.2, 0.25) is 5.02 Å². The van der Waals surface area contributed by atoms with Gasteiger partial charge in [0.25, 0.3) is 0 Å². The predicted octanol–water partition coefficient (Wildman–Crippen LogP) is 17.1. The molecule has 1 aliphatic carbocycles. The second kappa shape index (κ2) is 13.0. The summed E-state index contributed by atoms with van der Waals surface area (Å²) in [4.78, 5) is 2.36. The summed E-state index contributed by atoms with van der Waals surface area (Å²) >= 11 is 7.11. The smallest absolute Gasteiger partial charge is 0.153 e. The first-order valence-corrected chi connectivity index (χ1v) is 21.4. The molecule has 5 heteroatoms. The van der Waals surface area contributed by atoms with E-state index in [9.17, 15) is 0 Å². The van der Waals surface area contributed by atoms with E-state index in [1.807, 2.05) is 42.5 Å². The molecule has 12 aromatic rings. The van der Waals surface area contributed by atoms with Gasteiger partial charge in [-0.15, -0.1) is 0 Å². The van der Waals surface area contributed by atoms with E-state index in [-0.39, 0.29) is 5.41 Å². The van der Waals surface area contributed by atoms with E-state index in [2.05, 4.69) is 158 Å². The quantitative estimate of drug-likeness (QED) is 0.157. The lowest BCUT2D eigenvalue weighted by molar-refractivity contribution is 0.490. The Labute approximate surface area is 362 Å².